The highest BCUT2D eigenvalue weighted by molar-refractivity contribution is 5.87. The van der Waals surface area contributed by atoms with Crippen LogP contribution >= 0.6 is 0 Å². The number of aromatic nitrogens is 6. The van der Waals surface area contributed by atoms with Gasteiger partial charge in [-0.15, -0.1) is 0 Å². The minimum atomic E-state index is 0.458. The second-order valence-electron chi connectivity index (χ2n) is 8.45. The van der Waals surface area contributed by atoms with Gasteiger partial charge in [0.25, 0.3) is 0 Å². The number of benzene rings is 1. The largest absolute Gasteiger partial charge is 0.378 e. The number of hydrogen-bond acceptors (Lipinski definition) is 6. The Morgan fingerprint density at radius 2 is 1.81 bits per heavy atom. The first-order chi connectivity index (χ1) is 15.2. The van der Waals surface area contributed by atoms with Gasteiger partial charge in [-0.25, -0.2) is 4.98 Å². The summed E-state index contributed by atoms with van der Waals surface area (Å²) in [7, 11) is 2.13. The standard InChI is InChI=1S/C22H28N8O/c1-15-24-17-5-3-4-6-18(17)29(15)20-19-21(26-22(25-20)28-11-13-31-14-12-28)30(27(19)2)16-7-9-23-10-8-16/h3-6,16,23H,7-14H2,1-2H3. The highest BCUT2D eigenvalue weighted by Gasteiger charge is 2.29. The summed E-state index contributed by atoms with van der Waals surface area (Å²) >= 11 is 0. The number of imidazole rings is 1. The molecule has 1 aromatic carbocycles. The number of ether oxygens (including phenoxy) is 1. The predicted octanol–water partition coefficient (Wildman–Crippen LogP) is 2.18. The smallest absolute Gasteiger partial charge is 0.229 e. The average molecular weight is 421 g/mol. The van der Waals surface area contributed by atoms with E-state index >= 15 is 0 Å². The van der Waals surface area contributed by atoms with Crippen LogP contribution in [0.5, 0.6) is 0 Å². The van der Waals surface area contributed by atoms with Crippen molar-refractivity contribution in [3.05, 3.63) is 30.1 Å². The molecule has 162 valence electrons. The van der Waals surface area contributed by atoms with Gasteiger partial charge in [0.1, 0.15) is 11.3 Å². The Balaban J connectivity index is 1.58. The molecule has 2 aliphatic rings. The van der Waals surface area contributed by atoms with Crippen molar-refractivity contribution in [3.63, 3.8) is 0 Å². The number of hydrogen-bond donors (Lipinski definition) is 1. The van der Waals surface area contributed by atoms with Crippen LogP contribution in [0.25, 0.3) is 28.0 Å². The molecule has 0 bridgehead atoms. The van der Waals surface area contributed by atoms with Gasteiger partial charge in [-0.2, -0.15) is 9.97 Å². The summed E-state index contributed by atoms with van der Waals surface area (Å²) < 4.78 is 12.3. The molecule has 9 nitrogen and oxygen atoms in total. The van der Waals surface area contributed by atoms with Gasteiger partial charge in [0.2, 0.25) is 5.95 Å². The lowest BCUT2D eigenvalue weighted by Crippen LogP contribution is -2.39. The van der Waals surface area contributed by atoms with Crippen molar-refractivity contribution in [1.82, 2.24) is 34.2 Å². The van der Waals surface area contributed by atoms with E-state index in [1.807, 2.05) is 13.0 Å². The van der Waals surface area contributed by atoms with Crippen LogP contribution < -0.4 is 10.2 Å². The molecule has 2 saturated heterocycles. The normalized spacial score (nSPS) is 18.5. The van der Waals surface area contributed by atoms with E-state index in [9.17, 15) is 0 Å². The average Bonchev–Trinajstić information content (AvgIpc) is 3.15. The Labute approximate surface area is 180 Å². The SMILES string of the molecule is Cc1nc2ccccc2n1-c1nc(N2CCOCC2)nc2c1n(C)n2C1CCNCC1. The molecule has 0 amide bonds. The minimum Gasteiger partial charge on any atom is -0.378 e. The molecule has 4 aromatic rings. The maximum atomic E-state index is 5.56. The van der Waals surface area contributed by atoms with Crippen LogP contribution in [0.15, 0.2) is 24.3 Å². The van der Waals surface area contributed by atoms with E-state index in [1.165, 1.54) is 0 Å². The second-order valence-corrected chi connectivity index (χ2v) is 8.45. The van der Waals surface area contributed by atoms with Crippen LogP contribution in [-0.4, -0.2) is 68.3 Å². The van der Waals surface area contributed by atoms with Gasteiger partial charge >= 0.3 is 0 Å². The monoisotopic (exact) mass is 420 g/mol. The maximum absolute atomic E-state index is 5.56. The van der Waals surface area contributed by atoms with E-state index in [1.54, 1.807) is 0 Å². The number of aryl methyl sites for hydroxylation is 2. The zero-order valence-corrected chi connectivity index (χ0v) is 18.1. The summed E-state index contributed by atoms with van der Waals surface area (Å²) in [6.07, 6.45) is 2.23. The van der Waals surface area contributed by atoms with Crippen LogP contribution in [0.1, 0.15) is 24.7 Å². The Bertz CT molecular complexity index is 1240. The molecule has 0 spiro atoms. The fourth-order valence-electron chi connectivity index (χ4n) is 5.02. The zero-order valence-electron chi connectivity index (χ0n) is 18.1. The molecule has 0 unspecified atom stereocenters. The van der Waals surface area contributed by atoms with Crippen molar-refractivity contribution < 1.29 is 4.74 Å². The zero-order chi connectivity index (χ0) is 20.9. The number of para-hydroxylation sites is 2. The van der Waals surface area contributed by atoms with Gasteiger partial charge in [-0.3, -0.25) is 13.9 Å². The third-order valence-corrected chi connectivity index (χ3v) is 6.59. The summed E-state index contributed by atoms with van der Waals surface area (Å²) in [5, 5.41) is 3.47. The van der Waals surface area contributed by atoms with Gasteiger partial charge in [-0.05, 0) is 45.0 Å². The van der Waals surface area contributed by atoms with Crippen molar-refractivity contribution >= 4 is 28.1 Å². The van der Waals surface area contributed by atoms with Crippen LogP contribution in [0.3, 0.4) is 0 Å². The molecule has 0 saturated carbocycles. The maximum Gasteiger partial charge on any atom is 0.229 e. The molecule has 0 radical (unpaired) electrons. The molecular weight excluding hydrogens is 392 g/mol. The van der Waals surface area contributed by atoms with Gasteiger partial charge in [0.05, 0.1) is 30.3 Å². The molecule has 31 heavy (non-hydrogen) atoms. The second kappa shape index (κ2) is 7.35. The molecular formula is C22H28N8O. The Hall–Kier alpha value is -2.91. The number of piperidine rings is 1. The quantitative estimate of drug-likeness (QED) is 0.547. The van der Waals surface area contributed by atoms with Crippen molar-refractivity contribution in [1.29, 1.82) is 0 Å². The van der Waals surface area contributed by atoms with Crippen molar-refractivity contribution in [2.24, 2.45) is 7.05 Å². The summed E-state index contributed by atoms with van der Waals surface area (Å²) in [6.45, 7) is 7.18. The molecule has 2 fully saturated rings. The van der Waals surface area contributed by atoms with E-state index < -0.39 is 0 Å². The predicted molar refractivity (Wildman–Crippen MR) is 120 cm³/mol. The minimum absolute atomic E-state index is 0.458. The Morgan fingerprint density at radius 3 is 2.61 bits per heavy atom. The van der Waals surface area contributed by atoms with Crippen LogP contribution in [0.4, 0.5) is 5.95 Å². The van der Waals surface area contributed by atoms with Gasteiger partial charge in [0, 0.05) is 20.1 Å². The van der Waals surface area contributed by atoms with Crippen molar-refractivity contribution in [2.45, 2.75) is 25.8 Å². The van der Waals surface area contributed by atoms with Gasteiger partial charge in [0.15, 0.2) is 11.5 Å². The molecule has 0 aliphatic carbocycles. The number of anilines is 1. The van der Waals surface area contributed by atoms with Gasteiger partial charge in [-0.1, -0.05) is 12.1 Å². The van der Waals surface area contributed by atoms with Crippen molar-refractivity contribution in [3.8, 4) is 5.82 Å². The van der Waals surface area contributed by atoms with Crippen LogP contribution in [0, 0.1) is 6.92 Å². The first-order valence-corrected chi connectivity index (χ1v) is 11.1. The van der Waals surface area contributed by atoms with Crippen molar-refractivity contribution in [2.75, 3.05) is 44.3 Å². The molecule has 2 aliphatic heterocycles. The van der Waals surface area contributed by atoms with E-state index in [-0.39, 0.29) is 0 Å². The molecule has 1 N–H and O–H groups in total. The Kier molecular flexibility index (Phi) is 4.46. The lowest BCUT2D eigenvalue weighted by Gasteiger charge is -2.34. The van der Waals surface area contributed by atoms with Crippen LogP contribution in [-0.2, 0) is 11.8 Å². The molecule has 5 heterocycles. The number of nitrogens with one attached hydrogen (secondary N) is 1. The topological polar surface area (TPSA) is 78.0 Å². The number of nitrogens with zero attached hydrogens (tertiary/aromatic N) is 7. The first-order valence-electron chi connectivity index (χ1n) is 11.1. The van der Waals surface area contributed by atoms with Gasteiger partial charge < -0.3 is 15.0 Å². The summed E-state index contributed by atoms with van der Waals surface area (Å²) in [6, 6.07) is 8.71. The summed E-state index contributed by atoms with van der Waals surface area (Å²) in [5.74, 6) is 2.62. The van der Waals surface area contributed by atoms with E-state index in [4.69, 9.17) is 19.7 Å². The first kappa shape index (κ1) is 18.8. The van der Waals surface area contributed by atoms with E-state index in [2.05, 4.69) is 49.4 Å². The molecule has 9 heteroatoms. The fraction of sp³-hybridized carbons (Fsp3) is 0.500. The lowest BCUT2D eigenvalue weighted by atomic mass is 10.1. The van der Waals surface area contributed by atoms with E-state index in [0.29, 0.717) is 19.3 Å². The highest BCUT2D eigenvalue weighted by atomic mass is 16.5. The molecule has 3 aromatic heterocycles. The molecule has 0 atom stereocenters. The Morgan fingerprint density at radius 1 is 1.03 bits per heavy atom. The number of fused-ring (bicyclic) bond motifs is 2. The summed E-state index contributed by atoms with van der Waals surface area (Å²) in [5.41, 5.74) is 4.15. The van der Waals surface area contributed by atoms with E-state index in [0.717, 1.165) is 78.8 Å². The molecule has 6 rings (SSSR count). The lowest BCUT2D eigenvalue weighted by molar-refractivity contribution is 0.122. The van der Waals surface area contributed by atoms with Crippen LogP contribution in [0.2, 0.25) is 0 Å². The number of morpholine rings is 1. The fourth-order valence-corrected chi connectivity index (χ4v) is 5.02. The third kappa shape index (κ3) is 2.95. The summed E-state index contributed by atoms with van der Waals surface area (Å²) in [4.78, 5) is 17.2. The third-order valence-electron chi connectivity index (χ3n) is 6.59. The number of rotatable bonds is 3. The highest BCUT2D eigenvalue weighted by Crippen LogP contribution is 2.33.